The van der Waals surface area contributed by atoms with Crippen molar-refractivity contribution in [3.8, 4) is 24.2 Å². The van der Waals surface area contributed by atoms with Crippen molar-refractivity contribution in [2.24, 2.45) is 11.1 Å². The van der Waals surface area contributed by atoms with Crippen LogP contribution in [0.5, 0.6) is 0 Å². The number of piperidine rings is 1. The third-order valence-corrected chi connectivity index (χ3v) is 8.65. The second-order valence-electron chi connectivity index (χ2n) is 11.7. The van der Waals surface area contributed by atoms with E-state index in [1.807, 2.05) is 32.9 Å². The van der Waals surface area contributed by atoms with Gasteiger partial charge in [0.25, 0.3) is 5.91 Å². The predicted molar refractivity (Wildman–Crippen MR) is 191 cm³/mol. The van der Waals surface area contributed by atoms with Crippen LogP contribution in [0.3, 0.4) is 0 Å². The van der Waals surface area contributed by atoms with Crippen molar-refractivity contribution in [1.29, 1.82) is 0 Å². The number of terminal acetylenes is 1. The van der Waals surface area contributed by atoms with Crippen molar-refractivity contribution in [2.75, 3.05) is 26.2 Å². The highest BCUT2D eigenvalue weighted by molar-refractivity contribution is 5.94. The highest BCUT2D eigenvalue weighted by Gasteiger charge is 2.43. The Morgan fingerprint density at radius 1 is 1.07 bits per heavy atom. The molecule has 1 aromatic heterocycles. The molecule has 0 radical (unpaired) electrons. The Hall–Kier alpha value is -3.70. The third kappa shape index (κ3) is 14.6. The molecule has 1 spiro atoms. The Morgan fingerprint density at radius 2 is 1.74 bits per heavy atom. The summed E-state index contributed by atoms with van der Waals surface area (Å²) in [5.41, 5.74) is 8.58. The number of unbranched alkanes of at least 4 members (excludes halogenated alkanes) is 3. The first-order valence-electron chi connectivity index (χ1n) is 17.3. The van der Waals surface area contributed by atoms with Crippen molar-refractivity contribution < 1.29 is 14.4 Å². The van der Waals surface area contributed by atoms with Crippen molar-refractivity contribution in [3.05, 3.63) is 47.3 Å². The van der Waals surface area contributed by atoms with Crippen LogP contribution in [-0.4, -0.2) is 59.1 Å². The van der Waals surface area contributed by atoms with Gasteiger partial charge in [0, 0.05) is 30.6 Å². The number of imidazole rings is 1. The number of ketones is 1. The molecule has 46 heavy (non-hydrogen) atoms. The van der Waals surface area contributed by atoms with Crippen LogP contribution < -0.4 is 11.1 Å². The molecule has 2 aromatic rings. The highest BCUT2D eigenvalue weighted by atomic mass is 16.2. The summed E-state index contributed by atoms with van der Waals surface area (Å²) in [6, 6.07) is 8.22. The summed E-state index contributed by atoms with van der Waals surface area (Å²) < 4.78 is 0. The lowest BCUT2D eigenvalue weighted by atomic mass is 9.94. The van der Waals surface area contributed by atoms with Gasteiger partial charge >= 0.3 is 0 Å². The summed E-state index contributed by atoms with van der Waals surface area (Å²) in [6.45, 7) is 12.8. The molecule has 2 amide bonds. The van der Waals surface area contributed by atoms with Crippen molar-refractivity contribution in [2.45, 2.75) is 111 Å². The van der Waals surface area contributed by atoms with Gasteiger partial charge in [0.15, 0.2) is 0 Å². The van der Waals surface area contributed by atoms with Gasteiger partial charge in [0.2, 0.25) is 6.41 Å². The zero-order chi connectivity index (χ0) is 34.2. The first-order chi connectivity index (χ1) is 22.4. The normalized spacial score (nSPS) is 16.6. The summed E-state index contributed by atoms with van der Waals surface area (Å²) in [7, 11) is 0. The molecule has 2 aliphatic heterocycles. The number of H-pyrrole nitrogens is 1. The maximum Gasteiger partial charge on any atom is 0.271 e. The van der Waals surface area contributed by atoms with Crippen LogP contribution in [0.4, 0.5) is 0 Å². The fraction of sp³-hybridized carbons (Fsp3) is 0.579. The first kappa shape index (κ1) is 40.3. The number of nitrogens with two attached hydrogens (primary N) is 1. The van der Waals surface area contributed by atoms with Crippen LogP contribution in [0.1, 0.15) is 126 Å². The lowest BCUT2D eigenvalue weighted by Crippen LogP contribution is -2.34. The lowest BCUT2D eigenvalue weighted by molar-refractivity contribution is -0.118. The van der Waals surface area contributed by atoms with E-state index in [-0.39, 0.29) is 12.3 Å². The van der Waals surface area contributed by atoms with E-state index in [1.54, 1.807) is 0 Å². The number of aromatic amines is 1. The van der Waals surface area contributed by atoms with Gasteiger partial charge in [-0.3, -0.25) is 14.4 Å². The Kier molecular flexibility index (Phi) is 20.7. The van der Waals surface area contributed by atoms with Crippen molar-refractivity contribution >= 4 is 24.2 Å². The molecule has 8 nitrogen and oxygen atoms in total. The maximum absolute atomic E-state index is 12.7. The average Bonchev–Trinajstić information content (AvgIpc) is 3.71. The van der Waals surface area contributed by atoms with Crippen LogP contribution in [0.25, 0.3) is 17.5 Å². The van der Waals surface area contributed by atoms with E-state index in [2.05, 4.69) is 70.0 Å². The Labute approximate surface area is 278 Å². The fourth-order valence-electron chi connectivity index (χ4n) is 5.60. The minimum absolute atomic E-state index is 0.101. The molecule has 1 saturated carbocycles. The molecule has 1 aliphatic carbocycles. The van der Waals surface area contributed by atoms with Gasteiger partial charge in [-0.15, -0.1) is 12.8 Å². The zero-order valence-corrected chi connectivity index (χ0v) is 28.9. The van der Waals surface area contributed by atoms with Crippen molar-refractivity contribution in [3.63, 3.8) is 0 Å². The Morgan fingerprint density at radius 3 is 2.37 bits per heavy atom. The van der Waals surface area contributed by atoms with E-state index >= 15 is 0 Å². The van der Waals surface area contributed by atoms with E-state index in [0.29, 0.717) is 30.9 Å². The summed E-state index contributed by atoms with van der Waals surface area (Å²) in [5.74, 6) is 0.982. The quantitative estimate of drug-likeness (QED) is 0.152. The van der Waals surface area contributed by atoms with Crippen LogP contribution in [0, 0.1) is 18.3 Å². The molecular formula is C38H59N5O3. The lowest BCUT2D eigenvalue weighted by Gasteiger charge is -2.30. The number of fused-ring (bicyclic) bond motifs is 5. The second-order valence-corrected chi connectivity index (χ2v) is 11.7. The van der Waals surface area contributed by atoms with Crippen LogP contribution in [-0.2, 0) is 16.0 Å². The smallest absolute Gasteiger partial charge is 0.271 e. The molecule has 4 bridgehead atoms. The number of carbonyl (C=O) groups excluding carboxylic acids is 3. The molecule has 0 atom stereocenters. The summed E-state index contributed by atoms with van der Waals surface area (Å²) in [6.07, 6.45) is 26.5. The molecule has 3 heterocycles. The molecule has 1 aromatic carbocycles. The number of rotatable bonds is 9. The Bertz CT molecular complexity index is 1200. The standard InChI is InChI=1S/C24H31N3O2.C9H17N.C2H6.C2H2.CH3NO/c1-2-20(28)14-7-3-4-8-15-21-22-24(29)25-16-9-5-6-11-18-12-10-13-19(17-18)23(26-21)27-22;1-2-10-7-5-9(3-4-9)6-8-10;2*1-2;2-1-3/h6,10-13,17H,2-5,7-9,14-16H2,1H3,(H,25,29)(H,26,27);2-8H2,1H3;1-2H3;1-2H;1H,(H2,2,3)/b11-6+;;;;. The predicted octanol–water partition coefficient (Wildman–Crippen LogP) is 7.35. The highest BCUT2D eigenvalue weighted by Crippen LogP contribution is 2.53. The van der Waals surface area contributed by atoms with Gasteiger partial charge in [-0.1, -0.05) is 70.9 Å². The number of nitrogens with one attached hydrogen (secondary N) is 2. The number of hydrogen-bond donors (Lipinski definition) is 3. The molecule has 0 unspecified atom stereocenters. The van der Waals surface area contributed by atoms with Gasteiger partial charge in [-0.25, -0.2) is 4.98 Å². The summed E-state index contributed by atoms with van der Waals surface area (Å²) >= 11 is 0. The number of allylic oxidation sites excluding steroid dienone is 1. The zero-order valence-electron chi connectivity index (χ0n) is 28.9. The van der Waals surface area contributed by atoms with E-state index in [0.717, 1.165) is 73.0 Å². The number of likely N-dealkylation sites (tertiary alicyclic amines) is 1. The van der Waals surface area contributed by atoms with Gasteiger partial charge in [0.1, 0.15) is 17.3 Å². The first-order valence-corrected chi connectivity index (χ1v) is 17.3. The number of benzene rings is 1. The molecule has 8 heteroatoms. The molecule has 254 valence electrons. The number of aryl methyl sites for hydroxylation is 1. The van der Waals surface area contributed by atoms with Gasteiger partial charge in [0.05, 0.1) is 0 Å². The fourth-order valence-corrected chi connectivity index (χ4v) is 5.60. The number of amides is 2. The maximum atomic E-state index is 12.7. The van der Waals surface area contributed by atoms with Crippen LogP contribution in [0.2, 0.25) is 0 Å². The third-order valence-electron chi connectivity index (χ3n) is 8.65. The molecule has 2 fully saturated rings. The number of primary amides is 1. The monoisotopic (exact) mass is 633 g/mol. The van der Waals surface area contributed by atoms with E-state index < -0.39 is 0 Å². The molecule has 3 aliphatic rings. The molecular weight excluding hydrogens is 574 g/mol. The molecule has 1 saturated heterocycles. The number of nitrogens with zero attached hydrogens (tertiary/aromatic N) is 2. The van der Waals surface area contributed by atoms with Gasteiger partial charge in [-0.2, -0.15) is 0 Å². The second kappa shape index (κ2) is 23.6. The Balaban J connectivity index is 0.000000511. The average molecular weight is 634 g/mol. The summed E-state index contributed by atoms with van der Waals surface area (Å²) in [5, 5.41) is 3.00. The minimum Gasteiger partial charge on any atom is -0.372 e. The van der Waals surface area contributed by atoms with Crippen LogP contribution >= 0.6 is 0 Å². The van der Waals surface area contributed by atoms with Crippen LogP contribution in [0.15, 0.2) is 30.3 Å². The van der Waals surface area contributed by atoms with E-state index in [9.17, 15) is 9.59 Å². The van der Waals surface area contributed by atoms with Gasteiger partial charge in [-0.05, 0) is 94.5 Å². The number of hydrogen-bond acceptors (Lipinski definition) is 5. The van der Waals surface area contributed by atoms with E-state index in [1.165, 1.54) is 45.3 Å². The number of aromatic nitrogens is 2. The molecule has 4 N–H and O–H groups in total. The van der Waals surface area contributed by atoms with E-state index in [4.69, 9.17) is 4.79 Å². The SMILES string of the molecule is C#C.CC.CCC(=O)CCCCCCc1[nH]c2nc1C(=O)NCCC/C=C/c1cccc-2c1.CCN1CCC2(CC1)CC2.NC=O. The number of Topliss-reactive ketones (excluding diaryl/α,β-unsaturated/α-hetero) is 1. The number of carbonyl (C=O) groups is 3. The minimum atomic E-state index is -0.101. The van der Waals surface area contributed by atoms with Gasteiger partial charge < -0.3 is 20.9 Å². The topological polar surface area (TPSA) is 121 Å². The largest absolute Gasteiger partial charge is 0.372 e. The van der Waals surface area contributed by atoms with Crippen molar-refractivity contribution in [1.82, 2.24) is 20.2 Å². The summed E-state index contributed by atoms with van der Waals surface area (Å²) in [4.78, 5) is 43.3. The molecule has 5 rings (SSSR count).